The SMILES string of the molecule is CCC(C)P(CCP(C(C)CC)C(C)(C)C)C(C)(C)C. The maximum Gasteiger partial charge on any atom is -0.0177 e. The summed E-state index contributed by atoms with van der Waals surface area (Å²) in [6.45, 7) is 24.5. The van der Waals surface area contributed by atoms with Gasteiger partial charge in [0.15, 0.2) is 0 Å². The van der Waals surface area contributed by atoms with Gasteiger partial charge < -0.3 is 0 Å². The molecule has 0 heterocycles. The van der Waals surface area contributed by atoms with Gasteiger partial charge in [0.2, 0.25) is 0 Å². The molecule has 0 N–H and O–H groups in total. The van der Waals surface area contributed by atoms with Crippen LogP contribution in [0.4, 0.5) is 0 Å². The van der Waals surface area contributed by atoms with Gasteiger partial charge in [-0.15, -0.1) is 0 Å². The summed E-state index contributed by atoms with van der Waals surface area (Å²) in [5.41, 5.74) is 1.83. The molecule has 2 heteroatoms. The molecule has 0 saturated heterocycles. The van der Waals surface area contributed by atoms with Crippen LogP contribution in [0.5, 0.6) is 0 Å². The molecular weight excluding hydrogens is 278 g/mol. The molecule has 0 aromatic heterocycles. The normalized spacial score (nSPS) is 19.5. The van der Waals surface area contributed by atoms with E-state index < -0.39 is 0 Å². The van der Waals surface area contributed by atoms with Crippen LogP contribution in [0, 0.1) is 0 Å². The summed E-state index contributed by atoms with van der Waals surface area (Å²) in [4.78, 5) is 0. The summed E-state index contributed by atoms with van der Waals surface area (Å²) in [7, 11) is 0.287. The second-order valence-corrected chi connectivity index (χ2v) is 15.5. The van der Waals surface area contributed by atoms with Gasteiger partial charge in [0, 0.05) is 0 Å². The van der Waals surface area contributed by atoms with Gasteiger partial charge in [-0.2, -0.15) is 0 Å². The van der Waals surface area contributed by atoms with Crippen molar-refractivity contribution in [2.75, 3.05) is 12.3 Å². The maximum absolute atomic E-state index is 2.49. The standard InChI is InChI=1S/C18H40P2/c1-11-15(3)19(17(5,6)7)13-14-20(16(4)12-2)18(8,9)10/h15-16H,11-14H2,1-10H3. The molecule has 0 bridgehead atoms. The van der Waals surface area contributed by atoms with E-state index in [0.717, 1.165) is 11.3 Å². The van der Waals surface area contributed by atoms with Gasteiger partial charge in [-0.05, 0) is 46.8 Å². The summed E-state index contributed by atoms with van der Waals surface area (Å²) >= 11 is 0. The molecule has 0 fully saturated rings. The lowest BCUT2D eigenvalue weighted by Gasteiger charge is -2.41. The first-order chi connectivity index (χ1) is 8.95. The highest BCUT2D eigenvalue weighted by molar-refractivity contribution is 7.64. The van der Waals surface area contributed by atoms with Crippen molar-refractivity contribution in [2.45, 2.75) is 104 Å². The van der Waals surface area contributed by atoms with Crippen LogP contribution in [0.15, 0.2) is 0 Å². The Balaban J connectivity index is 4.89. The molecule has 0 aliphatic rings. The Morgan fingerprint density at radius 1 is 0.650 bits per heavy atom. The number of hydrogen-bond acceptors (Lipinski definition) is 0. The third-order valence-corrected chi connectivity index (χ3v) is 12.6. The third kappa shape index (κ3) is 6.75. The first-order valence-electron chi connectivity index (χ1n) is 8.48. The van der Waals surface area contributed by atoms with Crippen molar-refractivity contribution in [1.82, 2.24) is 0 Å². The molecule has 20 heavy (non-hydrogen) atoms. The minimum absolute atomic E-state index is 0.144. The summed E-state index contributed by atoms with van der Waals surface area (Å²) < 4.78 is 0. The Bertz CT molecular complexity index is 232. The van der Waals surface area contributed by atoms with Crippen molar-refractivity contribution in [3.05, 3.63) is 0 Å². The van der Waals surface area contributed by atoms with Gasteiger partial charge in [0.05, 0.1) is 0 Å². The van der Waals surface area contributed by atoms with Gasteiger partial charge >= 0.3 is 0 Å². The first kappa shape index (κ1) is 20.9. The van der Waals surface area contributed by atoms with E-state index in [9.17, 15) is 0 Å². The van der Waals surface area contributed by atoms with Gasteiger partial charge in [-0.25, -0.2) is 0 Å². The van der Waals surface area contributed by atoms with E-state index in [1.807, 2.05) is 0 Å². The Morgan fingerprint density at radius 2 is 0.900 bits per heavy atom. The highest BCUT2D eigenvalue weighted by Crippen LogP contribution is 2.60. The van der Waals surface area contributed by atoms with Crippen LogP contribution in [-0.4, -0.2) is 34.0 Å². The van der Waals surface area contributed by atoms with Crippen molar-refractivity contribution in [2.24, 2.45) is 0 Å². The minimum atomic E-state index is 0.144. The molecule has 0 nitrogen and oxygen atoms in total. The van der Waals surface area contributed by atoms with E-state index in [1.54, 1.807) is 0 Å². The third-order valence-electron chi connectivity index (χ3n) is 4.55. The molecule has 0 aliphatic heterocycles. The van der Waals surface area contributed by atoms with Crippen molar-refractivity contribution in [3.8, 4) is 0 Å². The molecular formula is C18H40P2. The van der Waals surface area contributed by atoms with Crippen LogP contribution in [-0.2, 0) is 0 Å². The van der Waals surface area contributed by atoms with E-state index >= 15 is 0 Å². The fraction of sp³-hybridized carbons (Fsp3) is 1.00. The maximum atomic E-state index is 2.49. The molecule has 0 amide bonds. The van der Waals surface area contributed by atoms with E-state index in [0.29, 0.717) is 10.3 Å². The largest absolute Gasteiger partial charge is 0.0979 e. The highest BCUT2D eigenvalue weighted by Gasteiger charge is 2.32. The predicted octanol–water partition coefficient (Wildman–Crippen LogP) is 7.14. The summed E-state index contributed by atoms with van der Waals surface area (Å²) in [5.74, 6) is 0. The molecule has 122 valence electrons. The fourth-order valence-corrected chi connectivity index (χ4v) is 10.6. The van der Waals surface area contributed by atoms with E-state index in [1.165, 1.54) is 25.2 Å². The van der Waals surface area contributed by atoms with Gasteiger partial charge in [-0.3, -0.25) is 0 Å². The fourth-order valence-electron chi connectivity index (χ4n) is 3.09. The zero-order valence-corrected chi connectivity index (χ0v) is 17.7. The molecule has 0 rings (SSSR count). The lowest BCUT2D eigenvalue weighted by molar-refractivity contribution is 0.742. The summed E-state index contributed by atoms with van der Waals surface area (Å²) in [5, 5.41) is 1.03. The minimum Gasteiger partial charge on any atom is -0.0979 e. The van der Waals surface area contributed by atoms with Gasteiger partial charge in [-0.1, -0.05) is 85.1 Å². The summed E-state index contributed by atoms with van der Waals surface area (Å²) in [6.07, 6.45) is 5.67. The Kier molecular flexibility index (Phi) is 8.85. The smallest absolute Gasteiger partial charge is 0.0177 e. The number of hydrogen-bond donors (Lipinski definition) is 0. The summed E-state index contributed by atoms with van der Waals surface area (Å²) in [6, 6.07) is 0. The molecule has 0 aromatic rings. The van der Waals surface area contributed by atoms with E-state index in [2.05, 4.69) is 69.2 Å². The molecule has 0 radical (unpaired) electrons. The molecule has 0 aromatic carbocycles. The van der Waals surface area contributed by atoms with Crippen LogP contribution in [0.25, 0.3) is 0 Å². The molecule has 4 unspecified atom stereocenters. The van der Waals surface area contributed by atoms with E-state index in [-0.39, 0.29) is 15.8 Å². The highest BCUT2D eigenvalue weighted by atomic mass is 31.1. The predicted molar refractivity (Wildman–Crippen MR) is 103 cm³/mol. The zero-order chi connectivity index (χ0) is 16.1. The zero-order valence-electron chi connectivity index (χ0n) is 15.9. The van der Waals surface area contributed by atoms with Crippen LogP contribution in [0.1, 0.15) is 82.1 Å². The van der Waals surface area contributed by atoms with Crippen LogP contribution < -0.4 is 0 Å². The van der Waals surface area contributed by atoms with Crippen molar-refractivity contribution < 1.29 is 0 Å². The topological polar surface area (TPSA) is 0 Å². The van der Waals surface area contributed by atoms with Crippen LogP contribution in [0.2, 0.25) is 0 Å². The van der Waals surface area contributed by atoms with Gasteiger partial charge in [0.25, 0.3) is 0 Å². The molecule has 0 saturated carbocycles. The first-order valence-corrected chi connectivity index (χ1v) is 11.7. The lowest BCUT2D eigenvalue weighted by Crippen LogP contribution is -2.25. The Labute approximate surface area is 132 Å². The quantitative estimate of drug-likeness (QED) is 0.437. The average Bonchev–Trinajstić information content (AvgIpc) is 2.29. The monoisotopic (exact) mass is 318 g/mol. The van der Waals surface area contributed by atoms with Crippen molar-refractivity contribution >= 4 is 15.8 Å². The average molecular weight is 318 g/mol. The number of rotatable bonds is 7. The second-order valence-electron chi connectivity index (χ2n) is 8.24. The molecule has 4 atom stereocenters. The van der Waals surface area contributed by atoms with Gasteiger partial charge in [0.1, 0.15) is 0 Å². The molecule has 0 spiro atoms. The lowest BCUT2D eigenvalue weighted by atomic mass is 10.2. The Hall–Kier alpha value is 0.860. The van der Waals surface area contributed by atoms with Crippen LogP contribution in [0.3, 0.4) is 0 Å². The van der Waals surface area contributed by atoms with Crippen molar-refractivity contribution in [1.29, 1.82) is 0 Å². The van der Waals surface area contributed by atoms with E-state index in [4.69, 9.17) is 0 Å². The van der Waals surface area contributed by atoms with Crippen LogP contribution >= 0.6 is 15.8 Å². The van der Waals surface area contributed by atoms with Crippen molar-refractivity contribution in [3.63, 3.8) is 0 Å². The Morgan fingerprint density at radius 3 is 1.05 bits per heavy atom. The second kappa shape index (κ2) is 8.48. The molecule has 0 aliphatic carbocycles.